The van der Waals surface area contributed by atoms with Crippen LogP contribution in [0.3, 0.4) is 0 Å². The Morgan fingerprint density at radius 1 is 0.968 bits per heavy atom. The van der Waals surface area contributed by atoms with Gasteiger partial charge in [-0.15, -0.1) is 0 Å². The topological polar surface area (TPSA) is 105 Å². The molecule has 3 rings (SSSR count). The molecule has 3 aromatic carbocycles. The quantitative estimate of drug-likeness (QED) is 0.519. The van der Waals surface area contributed by atoms with E-state index in [1.54, 1.807) is 42.5 Å². The van der Waals surface area contributed by atoms with E-state index < -0.39 is 22.5 Å². The smallest absolute Gasteiger partial charge is 0.264 e. The van der Waals surface area contributed by atoms with Gasteiger partial charge >= 0.3 is 0 Å². The zero-order valence-corrected chi connectivity index (χ0v) is 17.8. The number of hydrogen-bond acceptors (Lipinski definition) is 6. The second kappa shape index (κ2) is 9.40. The van der Waals surface area contributed by atoms with Gasteiger partial charge in [-0.3, -0.25) is 9.10 Å². The summed E-state index contributed by atoms with van der Waals surface area (Å²) >= 11 is 0. The Balaban J connectivity index is 2.05. The molecule has 0 fully saturated rings. The average molecular weight is 442 g/mol. The van der Waals surface area contributed by atoms with Crippen LogP contribution in [0.2, 0.25) is 0 Å². The first kappa shape index (κ1) is 22.0. The summed E-state index contributed by atoms with van der Waals surface area (Å²) in [6.07, 6.45) is 0. The third kappa shape index (κ3) is 4.89. The first-order chi connectivity index (χ1) is 14.9. The van der Waals surface area contributed by atoms with E-state index in [0.29, 0.717) is 5.75 Å². The predicted octanol–water partition coefficient (Wildman–Crippen LogP) is 3.24. The predicted molar refractivity (Wildman–Crippen MR) is 117 cm³/mol. The lowest BCUT2D eigenvalue weighted by Crippen LogP contribution is -2.38. The minimum Gasteiger partial charge on any atom is -0.506 e. The highest BCUT2D eigenvalue weighted by Crippen LogP contribution is 2.35. The van der Waals surface area contributed by atoms with Gasteiger partial charge in [0.1, 0.15) is 23.8 Å². The van der Waals surface area contributed by atoms with Crippen LogP contribution in [0.25, 0.3) is 0 Å². The molecule has 0 aliphatic heterocycles. The number of nitrogens with zero attached hydrogens (tertiary/aromatic N) is 1. The number of anilines is 2. The van der Waals surface area contributed by atoms with Gasteiger partial charge in [-0.1, -0.05) is 30.3 Å². The van der Waals surface area contributed by atoms with Crippen molar-refractivity contribution in [2.24, 2.45) is 0 Å². The van der Waals surface area contributed by atoms with Crippen molar-refractivity contribution >= 4 is 27.3 Å². The van der Waals surface area contributed by atoms with Crippen LogP contribution in [-0.4, -0.2) is 40.2 Å². The largest absolute Gasteiger partial charge is 0.506 e. The second-order valence-corrected chi connectivity index (χ2v) is 8.29. The van der Waals surface area contributed by atoms with Crippen molar-refractivity contribution in [1.29, 1.82) is 0 Å². The molecule has 0 radical (unpaired) electrons. The molecule has 0 heterocycles. The summed E-state index contributed by atoms with van der Waals surface area (Å²) in [5.41, 5.74) is 0.306. The van der Waals surface area contributed by atoms with Crippen molar-refractivity contribution < 1.29 is 27.8 Å². The minimum absolute atomic E-state index is 0.00947. The molecule has 0 spiro atoms. The van der Waals surface area contributed by atoms with Gasteiger partial charge in [0.2, 0.25) is 5.91 Å². The molecule has 1 amide bonds. The number of methoxy groups -OCH3 is 2. The first-order valence-electron chi connectivity index (χ1n) is 9.24. The second-order valence-electron chi connectivity index (χ2n) is 6.43. The molecule has 0 bridgehead atoms. The number of phenolic OH excluding ortho intramolecular Hbond substituents is 1. The molecule has 3 aromatic rings. The zero-order chi connectivity index (χ0) is 22.4. The number of ether oxygens (including phenoxy) is 2. The molecule has 8 nitrogen and oxygen atoms in total. The fraction of sp³-hybridized carbons (Fsp3) is 0.136. The van der Waals surface area contributed by atoms with Crippen molar-refractivity contribution in [3.05, 3.63) is 72.8 Å². The summed E-state index contributed by atoms with van der Waals surface area (Å²) in [6.45, 7) is -0.560. The van der Waals surface area contributed by atoms with Gasteiger partial charge in [0, 0.05) is 6.07 Å². The number of sulfonamides is 1. The Hall–Kier alpha value is -3.72. The molecular formula is C22H22N2O6S. The summed E-state index contributed by atoms with van der Waals surface area (Å²) < 4.78 is 38.4. The van der Waals surface area contributed by atoms with E-state index in [9.17, 15) is 18.3 Å². The summed E-state index contributed by atoms with van der Waals surface area (Å²) in [7, 11) is -1.28. The number of hydrogen-bond donors (Lipinski definition) is 2. The van der Waals surface area contributed by atoms with Gasteiger partial charge in [0.15, 0.2) is 0 Å². The summed E-state index contributed by atoms with van der Waals surface area (Å²) in [5, 5.41) is 12.4. The van der Waals surface area contributed by atoms with Crippen molar-refractivity contribution in [2.75, 3.05) is 30.4 Å². The molecule has 0 atom stereocenters. The van der Waals surface area contributed by atoms with Crippen molar-refractivity contribution in [3.8, 4) is 17.2 Å². The van der Waals surface area contributed by atoms with Gasteiger partial charge in [-0.2, -0.15) is 0 Å². The van der Waals surface area contributed by atoms with Gasteiger partial charge in [0.05, 0.1) is 30.5 Å². The molecule has 0 aromatic heterocycles. The number of carbonyl (C=O) groups is 1. The number of nitrogens with one attached hydrogen (secondary N) is 1. The van der Waals surface area contributed by atoms with E-state index in [0.717, 1.165) is 4.31 Å². The first-order valence-corrected chi connectivity index (χ1v) is 10.7. The standard InChI is InChI=1S/C22H22N2O6S/c1-29-16-12-13-21(30-2)19(14-16)24(31(27,28)17-8-4-3-5-9-17)15-22(26)23-18-10-6-7-11-20(18)25/h3-14,25H,15H2,1-2H3,(H,23,26). The van der Waals surface area contributed by atoms with Gasteiger partial charge in [0.25, 0.3) is 10.0 Å². The summed E-state index contributed by atoms with van der Waals surface area (Å²) in [5.74, 6) is -0.140. The van der Waals surface area contributed by atoms with Gasteiger partial charge in [-0.05, 0) is 36.4 Å². The monoisotopic (exact) mass is 442 g/mol. The molecule has 162 valence electrons. The average Bonchev–Trinajstić information content (AvgIpc) is 2.79. The zero-order valence-electron chi connectivity index (χ0n) is 17.0. The van der Waals surface area contributed by atoms with Crippen LogP contribution < -0.4 is 19.1 Å². The Bertz CT molecular complexity index is 1170. The van der Waals surface area contributed by atoms with Crippen LogP contribution in [0.5, 0.6) is 17.2 Å². The third-order valence-electron chi connectivity index (χ3n) is 4.45. The van der Waals surface area contributed by atoms with Crippen LogP contribution in [-0.2, 0) is 14.8 Å². The lowest BCUT2D eigenvalue weighted by atomic mass is 10.2. The lowest BCUT2D eigenvalue weighted by molar-refractivity contribution is -0.114. The molecule has 0 saturated carbocycles. The number of rotatable bonds is 8. The highest BCUT2D eigenvalue weighted by atomic mass is 32.2. The van der Waals surface area contributed by atoms with E-state index in [1.165, 1.54) is 44.6 Å². The van der Waals surface area contributed by atoms with Crippen molar-refractivity contribution in [3.63, 3.8) is 0 Å². The molecule has 2 N–H and O–H groups in total. The number of phenols is 1. The Morgan fingerprint density at radius 2 is 1.65 bits per heavy atom. The van der Waals surface area contributed by atoms with Crippen molar-refractivity contribution in [2.45, 2.75) is 4.90 Å². The Morgan fingerprint density at radius 3 is 2.29 bits per heavy atom. The SMILES string of the molecule is COc1ccc(OC)c(N(CC(=O)Nc2ccccc2O)S(=O)(=O)c2ccccc2)c1. The fourth-order valence-corrected chi connectivity index (χ4v) is 4.35. The molecule has 31 heavy (non-hydrogen) atoms. The molecule has 0 unspecified atom stereocenters. The number of carbonyl (C=O) groups excluding carboxylic acids is 1. The number of para-hydroxylation sites is 2. The van der Waals surface area contributed by atoms with E-state index in [1.807, 2.05) is 0 Å². The molecule has 9 heteroatoms. The fourth-order valence-electron chi connectivity index (χ4n) is 2.91. The maximum atomic E-state index is 13.5. The van der Waals surface area contributed by atoms with Crippen LogP contribution in [0.1, 0.15) is 0 Å². The van der Waals surface area contributed by atoms with Crippen molar-refractivity contribution in [1.82, 2.24) is 0 Å². The van der Waals surface area contributed by atoms with Crippen LogP contribution >= 0.6 is 0 Å². The molecular weight excluding hydrogens is 420 g/mol. The van der Waals surface area contributed by atoms with E-state index in [4.69, 9.17) is 9.47 Å². The number of benzene rings is 3. The highest BCUT2D eigenvalue weighted by Gasteiger charge is 2.30. The third-order valence-corrected chi connectivity index (χ3v) is 6.23. The van der Waals surface area contributed by atoms with Gasteiger partial charge < -0.3 is 19.9 Å². The maximum absolute atomic E-state index is 13.5. The van der Waals surface area contributed by atoms with Crippen LogP contribution in [0.4, 0.5) is 11.4 Å². The maximum Gasteiger partial charge on any atom is 0.264 e. The molecule has 0 aliphatic rings. The molecule has 0 aliphatic carbocycles. The van der Waals surface area contributed by atoms with Gasteiger partial charge in [-0.25, -0.2) is 8.42 Å². The summed E-state index contributed by atoms with van der Waals surface area (Å²) in [6, 6.07) is 18.6. The minimum atomic E-state index is -4.13. The van der Waals surface area contributed by atoms with E-state index in [2.05, 4.69) is 5.32 Å². The normalized spacial score (nSPS) is 10.9. The van der Waals surface area contributed by atoms with Crippen LogP contribution in [0, 0.1) is 0 Å². The van der Waals surface area contributed by atoms with E-state index in [-0.39, 0.29) is 27.8 Å². The Labute approximate surface area is 180 Å². The molecule has 0 saturated heterocycles. The number of aromatic hydroxyl groups is 1. The van der Waals surface area contributed by atoms with Crippen LogP contribution in [0.15, 0.2) is 77.7 Å². The Kier molecular flexibility index (Phi) is 6.66. The highest BCUT2D eigenvalue weighted by molar-refractivity contribution is 7.92. The lowest BCUT2D eigenvalue weighted by Gasteiger charge is -2.26. The summed E-state index contributed by atoms with van der Waals surface area (Å²) in [4.78, 5) is 12.8. The number of amides is 1. The van der Waals surface area contributed by atoms with E-state index >= 15 is 0 Å².